The van der Waals surface area contributed by atoms with Gasteiger partial charge in [0.25, 0.3) is 11.8 Å². The molecule has 2 heterocycles. The fraction of sp³-hybridized carbons (Fsp3) is 0.750. The Balaban J connectivity index is 2.08. The first-order valence-corrected chi connectivity index (χ1v) is 6.62. The fourth-order valence-corrected chi connectivity index (χ4v) is 2.95. The van der Waals surface area contributed by atoms with E-state index in [0.717, 1.165) is 0 Å². The van der Waals surface area contributed by atoms with Crippen molar-refractivity contribution in [1.29, 1.82) is 0 Å². The lowest BCUT2D eigenvalue weighted by Gasteiger charge is -2.30. The highest BCUT2D eigenvalue weighted by Crippen LogP contribution is 2.49. The average molecular weight is 348 g/mol. The summed E-state index contributed by atoms with van der Waals surface area (Å²) in [6.45, 7) is -1.26. The number of hydrogen-bond donors (Lipinski definition) is 1. The van der Waals surface area contributed by atoms with Crippen LogP contribution in [0.3, 0.4) is 0 Å². The Kier molecular flexibility index (Phi) is 3.46. The Morgan fingerprint density at radius 3 is 2.43 bits per heavy atom. The molecule has 2 unspecified atom stereocenters. The molecule has 0 spiro atoms. The Labute approximate surface area is 124 Å². The van der Waals surface area contributed by atoms with Crippen molar-refractivity contribution in [3.05, 3.63) is 17.0 Å². The van der Waals surface area contributed by atoms with Crippen LogP contribution in [0.15, 0.2) is 0 Å². The van der Waals surface area contributed by atoms with Crippen molar-refractivity contribution in [3.63, 3.8) is 0 Å². The van der Waals surface area contributed by atoms with Crippen LogP contribution < -0.4 is 0 Å². The largest absolute Gasteiger partial charge is 0.435 e. The molecule has 1 fully saturated rings. The van der Waals surface area contributed by atoms with Gasteiger partial charge in [-0.3, -0.25) is 4.68 Å². The molecule has 1 aromatic rings. The van der Waals surface area contributed by atoms with Gasteiger partial charge in [-0.15, -0.1) is 0 Å². The Bertz CT molecular complexity index is 626. The molecule has 1 aromatic heterocycles. The molecule has 2 atom stereocenters. The molecule has 0 saturated carbocycles. The molecule has 2 aliphatic rings. The average Bonchev–Trinajstić information content (AvgIpc) is 2.84. The molecule has 0 bridgehead atoms. The van der Waals surface area contributed by atoms with E-state index in [0.29, 0.717) is 4.68 Å². The second kappa shape index (κ2) is 4.82. The minimum Gasteiger partial charge on any atom is -0.382 e. The summed E-state index contributed by atoms with van der Waals surface area (Å²) in [6.07, 6.45) is -9.84. The van der Waals surface area contributed by atoms with E-state index in [-0.39, 0.29) is 6.61 Å². The van der Waals surface area contributed by atoms with Gasteiger partial charge in [0.1, 0.15) is 12.7 Å². The number of alkyl halides is 7. The molecule has 0 radical (unpaired) electrons. The molecule has 3 rings (SSSR count). The van der Waals surface area contributed by atoms with E-state index in [4.69, 9.17) is 0 Å². The van der Waals surface area contributed by atoms with E-state index in [9.17, 15) is 35.8 Å². The summed E-state index contributed by atoms with van der Waals surface area (Å²) >= 11 is 0. The SMILES string of the molecule is OC1c2c(C(F)(F)F)nn(C3COCC(F)(F)C3)c2CC1(F)F. The fourth-order valence-electron chi connectivity index (χ4n) is 2.95. The van der Waals surface area contributed by atoms with Crippen LogP contribution in [-0.2, 0) is 17.3 Å². The quantitative estimate of drug-likeness (QED) is 0.794. The minimum atomic E-state index is -5.09. The van der Waals surface area contributed by atoms with Gasteiger partial charge in [-0.2, -0.15) is 18.3 Å². The number of hydrogen-bond acceptors (Lipinski definition) is 3. The number of nitrogens with zero attached hydrogens (tertiary/aromatic N) is 2. The zero-order valence-corrected chi connectivity index (χ0v) is 11.4. The van der Waals surface area contributed by atoms with E-state index in [2.05, 4.69) is 9.84 Å². The van der Waals surface area contributed by atoms with Gasteiger partial charge in [-0.25, -0.2) is 17.6 Å². The van der Waals surface area contributed by atoms with Gasteiger partial charge in [-0.1, -0.05) is 0 Å². The lowest BCUT2D eigenvalue weighted by Crippen LogP contribution is -2.37. The third-order valence-corrected chi connectivity index (χ3v) is 3.90. The first-order chi connectivity index (χ1) is 10.4. The molecule has 1 saturated heterocycles. The highest BCUT2D eigenvalue weighted by Gasteiger charge is 2.55. The number of aliphatic hydroxyl groups is 1. The van der Waals surface area contributed by atoms with Crippen molar-refractivity contribution in [2.45, 2.75) is 43.0 Å². The maximum absolute atomic E-state index is 13.6. The van der Waals surface area contributed by atoms with Gasteiger partial charge in [0.15, 0.2) is 5.69 Å². The Morgan fingerprint density at radius 1 is 1.22 bits per heavy atom. The molecule has 130 valence electrons. The summed E-state index contributed by atoms with van der Waals surface area (Å²) in [4.78, 5) is 0. The summed E-state index contributed by atoms with van der Waals surface area (Å²) in [5, 5.41) is 12.7. The number of halogens is 7. The maximum atomic E-state index is 13.6. The Hall–Kier alpha value is -1.36. The zero-order chi connectivity index (χ0) is 17.2. The number of fused-ring (bicyclic) bond motifs is 1. The van der Waals surface area contributed by atoms with Gasteiger partial charge < -0.3 is 9.84 Å². The number of aromatic nitrogens is 2. The van der Waals surface area contributed by atoms with Crippen molar-refractivity contribution in [2.24, 2.45) is 0 Å². The van der Waals surface area contributed by atoms with Crippen LogP contribution in [0.25, 0.3) is 0 Å². The normalized spacial score (nSPS) is 29.6. The highest BCUT2D eigenvalue weighted by atomic mass is 19.4. The number of rotatable bonds is 1. The van der Waals surface area contributed by atoms with E-state index in [1.54, 1.807) is 0 Å². The predicted molar refractivity (Wildman–Crippen MR) is 60.3 cm³/mol. The van der Waals surface area contributed by atoms with Crippen molar-refractivity contribution in [2.75, 3.05) is 13.2 Å². The van der Waals surface area contributed by atoms with Crippen LogP contribution >= 0.6 is 0 Å². The maximum Gasteiger partial charge on any atom is 0.435 e. The smallest absolute Gasteiger partial charge is 0.382 e. The van der Waals surface area contributed by atoms with Crippen molar-refractivity contribution >= 4 is 0 Å². The lowest BCUT2D eigenvalue weighted by molar-refractivity contribution is -0.148. The van der Waals surface area contributed by atoms with Crippen LogP contribution in [0.1, 0.15) is 35.5 Å². The molecular weight excluding hydrogens is 337 g/mol. The van der Waals surface area contributed by atoms with E-state index in [1.165, 1.54) is 0 Å². The van der Waals surface area contributed by atoms with Gasteiger partial charge in [0, 0.05) is 12.0 Å². The summed E-state index contributed by atoms with van der Waals surface area (Å²) in [7, 11) is 0. The van der Waals surface area contributed by atoms with Gasteiger partial charge in [0.2, 0.25) is 0 Å². The third-order valence-electron chi connectivity index (χ3n) is 3.90. The molecule has 23 heavy (non-hydrogen) atoms. The molecule has 11 heteroatoms. The molecular formula is C12H11F7N2O2. The van der Waals surface area contributed by atoms with Gasteiger partial charge in [0.05, 0.1) is 24.8 Å². The second-order valence-corrected chi connectivity index (χ2v) is 5.72. The molecule has 1 aliphatic heterocycles. The first kappa shape index (κ1) is 16.5. The van der Waals surface area contributed by atoms with Crippen LogP contribution in [0.4, 0.5) is 30.7 Å². The molecule has 4 nitrogen and oxygen atoms in total. The van der Waals surface area contributed by atoms with Crippen LogP contribution in [0.5, 0.6) is 0 Å². The van der Waals surface area contributed by atoms with Crippen molar-refractivity contribution in [3.8, 4) is 0 Å². The van der Waals surface area contributed by atoms with Crippen molar-refractivity contribution < 1.29 is 40.6 Å². The molecule has 1 N–H and O–H groups in total. The van der Waals surface area contributed by atoms with Crippen LogP contribution in [-0.4, -0.2) is 39.9 Å². The monoisotopic (exact) mass is 348 g/mol. The summed E-state index contributed by atoms with van der Waals surface area (Å²) in [6, 6.07) is -1.32. The number of ether oxygens (including phenoxy) is 1. The standard InChI is InChI=1S/C12H11F7N2O2/c13-10(14)1-5(3-23-4-10)21-6-2-11(15,16)9(22)7(6)8(20-21)12(17,18)19/h5,9,22H,1-4H2. The Morgan fingerprint density at radius 2 is 1.87 bits per heavy atom. The molecule has 0 aromatic carbocycles. The lowest BCUT2D eigenvalue weighted by atomic mass is 10.1. The highest BCUT2D eigenvalue weighted by molar-refractivity contribution is 5.38. The predicted octanol–water partition coefficient (Wildman–Crippen LogP) is 2.72. The van der Waals surface area contributed by atoms with Crippen LogP contribution in [0.2, 0.25) is 0 Å². The van der Waals surface area contributed by atoms with Crippen molar-refractivity contribution in [1.82, 2.24) is 9.78 Å². The van der Waals surface area contributed by atoms with Gasteiger partial charge >= 0.3 is 6.18 Å². The second-order valence-electron chi connectivity index (χ2n) is 5.72. The van der Waals surface area contributed by atoms with Gasteiger partial charge in [-0.05, 0) is 0 Å². The van der Waals surface area contributed by atoms with E-state index in [1.807, 2.05) is 0 Å². The summed E-state index contributed by atoms with van der Waals surface area (Å²) < 4.78 is 98.1. The summed E-state index contributed by atoms with van der Waals surface area (Å²) in [5.41, 5.74) is -3.30. The summed E-state index contributed by atoms with van der Waals surface area (Å²) in [5.74, 6) is -7.10. The van der Waals surface area contributed by atoms with E-state index >= 15 is 0 Å². The topological polar surface area (TPSA) is 47.3 Å². The minimum absolute atomic E-state index is 0.372. The first-order valence-electron chi connectivity index (χ1n) is 6.62. The molecule has 0 amide bonds. The third kappa shape index (κ3) is 2.69. The molecule has 1 aliphatic carbocycles. The van der Waals surface area contributed by atoms with E-state index < -0.39 is 66.6 Å². The zero-order valence-electron chi connectivity index (χ0n) is 11.4. The van der Waals surface area contributed by atoms with Crippen LogP contribution in [0, 0.1) is 0 Å². The number of aliphatic hydroxyl groups excluding tert-OH is 1.